The molecule has 0 aromatic heterocycles. The molecular weight excluding hydrogens is 711 g/mol. The molecule has 3 amide bonds. The van der Waals surface area contributed by atoms with Crippen LogP contribution in [0, 0.1) is 0 Å². The van der Waals surface area contributed by atoms with E-state index in [0.29, 0.717) is 0 Å². The molecule has 4 nitrogen and oxygen atoms in total. The maximum Gasteiger partial charge on any atom is 0.236 e. The minimum atomic E-state index is -0.286. The van der Waals surface area contributed by atoms with E-state index < -0.39 is 0 Å². The third kappa shape index (κ3) is 40.0. The van der Waals surface area contributed by atoms with E-state index in [0.717, 1.165) is 140 Å². The monoisotopic (exact) mass is 804 g/mol. The first kappa shape index (κ1) is 55.2. The Bertz CT molecular complexity index is 971. The zero-order valence-electron chi connectivity index (χ0n) is 38.6. The maximum absolute atomic E-state index is 13.3. The van der Waals surface area contributed by atoms with Crippen LogP contribution in [0.4, 0.5) is 0 Å². The Hall–Kier alpha value is -2.75. The van der Waals surface area contributed by atoms with Gasteiger partial charge in [0.05, 0.1) is 0 Å². The van der Waals surface area contributed by atoms with Gasteiger partial charge in [0.25, 0.3) is 0 Å². The first-order valence-corrected chi connectivity index (χ1v) is 24.9. The average molecular weight is 804 g/mol. The second-order valence-corrected chi connectivity index (χ2v) is 16.5. The Morgan fingerprint density at radius 3 is 0.724 bits per heavy atom. The summed E-state index contributed by atoms with van der Waals surface area (Å²) in [7, 11) is 0. The third-order valence-corrected chi connectivity index (χ3v) is 10.8. The second kappa shape index (κ2) is 46.9. The molecule has 0 aliphatic heterocycles. The summed E-state index contributed by atoms with van der Waals surface area (Å²) in [4.78, 5) is 41.0. The van der Waals surface area contributed by atoms with Crippen LogP contribution in [0.1, 0.15) is 252 Å². The molecular formula is C54H93NO3. The highest BCUT2D eigenvalue weighted by molar-refractivity contribution is 6.10. The number of rotatable bonds is 42. The van der Waals surface area contributed by atoms with Gasteiger partial charge in [-0.15, -0.1) is 0 Å². The Balaban J connectivity index is 4.54. The molecule has 0 aromatic rings. The van der Waals surface area contributed by atoms with Crippen LogP contribution in [0.15, 0.2) is 72.9 Å². The third-order valence-electron chi connectivity index (χ3n) is 10.8. The summed E-state index contributed by atoms with van der Waals surface area (Å²) < 4.78 is 0. The average Bonchev–Trinajstić information content (AvgIpc) is 3.22. The van der Waals surface area contributed by atoms with Crippen LogP contribution in [-0.2, 0) is 14.4 Å². The van der Waals surface area contributed by atoms with Crippen molar-refractivity contribution < 1.29 is 14.4 Å². The minimum Gasteiger partial charge on any atom is -0.274 e. The number of allylic oxidation sites excluding steroid dienone is 12. The van der Waals surface area contributed by atoms with Crippen molar-refractivity contribution in [2.45, 2.75) is 252 Å². The van der Waals surface area contributed by atoms with Gasteiger partial charge < -0.3 is 0 Å². The number of imide groups is 3. The maximum atomic E-state index is 13.3. The van der Waals surface area contributed by atoms with Crippen molar-refractivity contribution >= 4 is 17.7 Å². The fourth-order valence-electron chi connectivity index (χ4n) is 7.02. The van der Waals surface area contributed by atoms with Crippen molar-refractivity contribution in [3.8, 4) is 0 Å². The zero-order chi connectivity index (χ0) is 42.3. The van der Waals surface area contributed by atoms with Crippen LogP contribution in [0.2, 0.25) is 0 Å². The molecule has 0 radical (unpaired) electrons. The van der Waals surface area contributed by atoms with Crippen molar-refractivity contribution in [1.82, 2.24) is 4.90 Å². The second-order valence-electron chi connectivity index (χ2n) is 16.5. The first-order chi connectivity index (χ1) is 28.6. The molecule has 332 valence electrons. The van der Waals surface area contributed by atoms with Crippen molar-refractivity contribution in [3.05, 3.63) is 72.9 Å². The van der Waals surface area contributed by atoms with Crippen LogP contribution in [-0.4, -0.2) is 22.6 Å². The molecule has 4 heteroatoms. The van der Waals surface area contributed by atoms with E-state index in [1.165, 1.54) is 77.0 Å². The lowest BCUT2D eigenvalue weighted by atomic mass is 10.1. The Labute approximate surface area is 360 Å². The molecule has 0 N–H and O–H groups in total. The van der Waals surface area contributed by atoms with Gasteiger partial charge >= 0.3 is 0 Å². The normalized spacial score (nSPS) is 12.3. The van der Waals surface area contributed by atoms with Crippen molar-refractivity contribution in [3.63, 3.8) is 0 Å². The molecule has 0 unspecified atom stereocenters. The van der Waals surface area contributed by atoms with Gasteiger partial charge in [-0.05, 0) is 116 Å². The molecule has 0 spiro atoms. The summed E-state index contributed by atoms with van der Waals surface area (Å²) in [5, 5.41) is 0. The van der Waals surface area contributed by atoms with E-state index in [1.54, 1.807) is 0 Å². The molecule has 0 saturated carbocycles. The highest BCUT2D eigenvalue weighted by Gasteiger charge is 2.27. The summed E-state index contributed by atoms with van der Waals surface area (Å²) in [6.45, 7) is 6.73. The Morgan fingerprint density at radius 2 is 0.483 bits per heavy atom. The molecule has 0 fully saturated rings. The Morgan fingerprint density at radius 1 is 0.276 bits per heavy atom. The number of hydrogen-bond acceptors (Lipinski definition) is 3. The van der Waals surface area contributed by atoms with E-state index in [9.17, 15) is 14.4 Å². The van der Waals surface area contributed by atoms with Gasteiger partial charge in [-0.2, -0.15) is 0 Å². The van der Waals surface area contributed by atoms with Gasteiger partial charge in [0.1, 0.15) is 0 Å². The first-order valence-electron chi connectivity index (χ1n) is 24.9. The molecule has 0 rings (SSSR count). The summed E-state index contributed by atoms with van der Waals surface area (Å²) in [6.07, 6.45) is 65.1. The zero-order valence-corrected chi connectivity index (χ0v) is 38.6. The van der Waals surface area contributed by atoms with Gasteiger partial charge in [-0.1, -0.05) is 190 Å². The molecule has 0 aliphatic rings. The van der Waals surface area contributed by atoms with E-state index in [1.807, 2.05) is 0 Å². The lowest BCUT2D eigenvalue weighted by Crippen LogP contribution is -2.41. The Kier molecular flexibility index (Phi) is 44.7. The van der Waals surface area contributed by atoms with Gasteiger partial charge in [0.2, 0.25) is 17.7 Å². The SMILES string of the molecule is CCCCCC=CCC=CCCCCCCCC(=O)N(C(=O)CCCCCCCC=CCC=CCCCCC)C(=O)CCCCCCCC=CCC=CCCCCC. The van der Waals surface area contributed by atoms with Crippen molar-refractivity contribution in [2.24, 2.45) is 0 Å². The number of carbonyl (C=O) groups is 3. The lowest BCUT2D eigenvalue weighted by molar-refractivity contribution is -0.154. The van der Waals surface area contributed by atoms with Crippen molar-refractivity contribution in [2.75, 3.05) is 0 Å². The number of carbonyl (C=O) groups excluding carboxylic acids is 3. The van der Waals surface area contributed by atoms with Crippen LogP contribution >= 0.6 is 0 Å². The molecule has 0 aromatic carbocycles. The number of amides is 3. The highest BCUT2D eigenvalue weighted by atomic mass is 16.2. The fraction of sp³-hybridized carbons (Fsp3) is 0.722. The molecule has 58 heavy (non-hydrogen) atoms. The van der Waals surface area contributed by atoms with E-state index in [4.69, 9.17) is 0 Å². The number of nitrogens with zero attached hydrogens (tertiary/aromatic N) is 1. The molecule has 0 bridgehead atoms. The predicted molar refractivity (Wildman–Crippen MR) is 255 cm³/mol. The molecule has 0 saturated heterocycles. The van der Waals surface area contributed by atoms with Crippen LogP contribution in [0.3, 0.4) is 0 Å². The lowest BCUT2D eigenvalue weighted by Gasteiger charge is -2.19. The van der Waals surface area contributed by atoms with Gasteiger partial charge in [-0.3, -0.25) is 14.4 Å². The quantitative estimate of drug-likeness (QED) is 0.0456. The smallest absolute Gasteiger partial charge is 0.236 e. The standard InChI is InChI=1S/C54H93NO3/c1-4-7-10-13-16-19-22-25-28-31-34-37-40-43-46-49-52(56)55(53(57)50-47-44-41-38-35-32-29-26-23-20-17-14-11-8-5-2)54(58)51-48-45-42-39-36-33-30-27-24-21-18-15-12-9-6-3/h16-21,25-30H,4-15,22-24,31-51H2,1-3H3. The van der Waals surface area contributed by atoms with Gasteiger partial charge in [0, 0.05) is 19.3 Å². The summed E-state index contributed by atoms with van der Waals surface area (Å²) in [5.41, 5.74) is 0. The fourth-order valence-corrected chi connectivity index (χ4v) is 7.02. The van der Waals surface area contributed by atoms with Crippen LogP contribution in [0.5, 0.6) is 0 Å². The number of hydrogen-bond donors (Lipinski definition) is 0. The predicted octanol–water partition coefficient (Wildman–Crippen LogP) is 17.3. The summed E-state index contributed by atoms with van der Waals surface area (Å²) in [5.74, 6) is -0.859. The minimum absolute atomic E-state index is 0.284. The number of unbranched alkanes of at least 4 members (excludes halogenated alkanes) is 24. The topological polar surface area (TPSA) is 54.5 Å². The molecule has 0 atom stereocenters. The molecule has 0 heterocycles. The van der Waals surface area contributed by atoms with Crippen LogP contribution < -0.4 is 0 Å². The van der Waals surface area contributed by atoms with Gasteiger partial charge in [-0.25, -0.2) is 4.90 Å². The molecule has 0 aliphatic carbocycles. The van der Waals surface area contributed by atoms with Crippen molar-refractivity contribution in [1.29, 1.82) is 0 Å². The van der Waals surface area contributed by atoms with E-state index >= 15 is 0 Å². The highest BCUT2D eigenvalue weighted by Crippen LogP contribution is 2.16. The largest absolute Gasteiger partial charge is 0.274 e. The van der Waals surface area contributed by atoms with E-state index in [-0.39, 0.29) is 37.0 Å². The van der Waals surface area contributed by atoms with Gasteiger partial charge in [0.15, 0.2) is 0 Å². The summed E-state index contributed by atoms with van der Waals surface area (Å²) >= 11 is 0. The summed E-state index contributed by atoms with van der Waals surface area (Å²) in [6, 6.07) is 0. The van der Waals surface area contributed by atoms with Crippen LogP contribution in [0.25, 0.3) is 0 Å². The van der Waals surface area contributed by atoms with E-state index in [2.05, 4.69) is 93.7 Å².